The molecule has 0 saturated carbocycles. The molecule has 3 aromatic rings. The first-order valence-corrected chi connectivity index (χ1v) is 19.2. The van der Waals surface area contributed by atoms with E-state index in [4.69, 9.17) is 0 Å². The van der Waals surface area contributed by atoms with Gasteiger partial charge >= 0.3 is 265 Å². The van der Waals surface area contributed by atoms with E-state index in [1.165, 1.54) is 96.5 Å². The first-order valence-electron chi connectivity index (χ1n) is 16.4. The van der Waals surface area contributed by atoms with Crippen molar-refractivity contribution in [2.75, 3.05) is 0 Å². The summed E-state index contributed by atoms with van der Waals surface area (Å²) < 4.78 is 1.56. The van der Waals surface area contributed by atoms with Gasteiger partial charge in [-0.1, -0.05) is 0 Å². The molecule has 0 spiro atoms. The molecule has 0 aromatic heterocycles. The maximum atomic E-state index is 2.57. The molecule has 1 unspecified atom stereocenters. The van der Waals surface area contributed by atoms with Crippen LogP contribution in [-0.2, 0) is 39.7 Å². The van der Waals surface area contributed by atoms with Gasteiger partial charge < -0.3 is 37.2 Å². The Morgan fingerprint density at radius 2 is 0.932 bits per heavy atom. The predicted molar refractivity (Wildman–Crippen MR) is 179 cm³/mol. The van der Waals surface area contributed by atoms with Gasteiger partial charge in [0.2, 0.25) is 0 Å². The molecule has 0 fully saturated rings. The fourth-order valence-electron chi connectivity index (χ4n) is 6.53. The van der Waals surface area contributed by atoms with Gasteiger partial charge in [0.15, 0.2) is 0 Å². The van der Waals surface area contributed by atoms with Gasteiger partial charge in [0, 0.05) is 0 Å². The summed E-state index contributed by atoms with van der Waals surface area (Å²) in [4.78, 5) is 0. The topological polar surface area (TPSA) is 0 Å². The zero-order valence-corrected chi connectivity index (χ0v) is 32.3. The zero-order valence-electron chi connectivity index (χ0n) is 27.5. The molecule has 0 nitrogen and oxygen atoms in total. The van der Waals surface area contributed by atoms with Gasteiger partial charge in [-0.15, -0.1) is 0 Å². The molecular weight excluding hydrogens is 651 g/mol. The molecule has 236 valence electrons. The van der Waals surface area contributed by atoms with Crippen molar-refractivity contribution in [3.05, 3.63) is 110 Å². The third-order valence-electron chi connectivity index (χ3n) is 9.33. The standard InChI is InChI=1S/C39H51Si.3ClH.Ti/c1-6-10-13-32-16-23-36(24-17-32)40(39-29-22-35(30-39)31(5)9-4,37-25-18-33(19-26-37)14-11-7-2)38-27-20-34(21-28-38)15-12-8-3;;;;/h16-28,31H,6-15,29H2,1-5H3;3*1H;/q;;;;+3/p-3. The minimum Gasteiger partial charge on any atom is -1.00 e. The van der Waals surface area contributed by atoms with Crippen molar-refractivity contribution in [3.63, 3.8) is 0 Å². The summed E-state index contributed by atoms with van der Waals surface area (Å²) in [6.07, 6.45) is 15.8. The molecule has 0 N–H and O–H groups in total. The normalized spacial score (nSPS) is 13.5. The smallest absolute Gasteiger partial charge is 1.00 e. The van der Waals surface area contributed by atoms with E-state index in [2.05, 4.69) is 134 Å². The van der Waals surface area contributed by atoms with Crippen LogP contribution in [0.25, 0.3) is 0 Å². The molecule has 0 radical (unpaired) electrons. The molecular formula is C39H51Cl3SiTi. The summed E-state index contributed by atoms with van der Waals surface area (Å²) in [5.74, 6) is 0.600. The Labute approximate surface area is 300 Å². The Morgan fingerprint density at radius 3 is 1.23 bits per heavy atom. The van der Waals surface area contributed by atoms with E-state index in [0.717, 1.165) is 6.42 Å². The number of benzene rings is 3. The maximum Gasteiger partial charge on any atom is -1.00 e. The summed E-state index contributed by atoms with van der Waals surface area (Å²) >= 11 is 2.43. The average Bonchev–Trinajstić information content (AvgIpc) is 3.40. The van der Waals surface area contributed by atoms with Crippen molar-refractivity contribution in [1.82, 2.24) is 0 Å². The first-order chi connectivity index (χ1) is 20.0. The number of aryl methyl sites for hydroxylation is 3. The van der Waals surface area contributed by atoms with Gasteiger partial charge in [0.25, 0.3) is 0 Å². The van der Waals surface area contributed by atoms with Gasteiger partial charge in [0.1, 0.15) is 0 Å². The van der Waals surface area contributed by atoms with E-state index in [-0.39, 0.29) is 37.2 Å². The van der Waals surface area contributed by atoms with Crippen LogP contribution in [0, 0.1) is 5.92 Å². The first kappa shape index (κ1) is 41.0. The minimum atomic E-state index is -2.49. The maximum absolute atomic E-state index is 2.57. The Morgan fingerprint density at radius 1 is 0.591 bits per heavy atom. The number of rotatable bonds is 15. The Balaban J connectivity index is 0.00000323. The molecule has 0 saturated heterocycles. The molecule has 3 aromatic carbocycles. The van der Waals surface area contributed by atoms with E-state index < -0.39 is 8.07 Å². The Kier molecular flexibility index (Phi) is 18.8. The van der Waals surface area contributed by atoms with Crippen molar-refractivity contribution in [2.24, 2.45) is 5.92 Å². The van der Waals surface area contributed by atoms with Crippen molar-refractivity contribution >= 4 is 23.6 Å². The third-order valence-corrected chi connectivity index (χ3v) is 15.6. The molecule has 1 atom stereocenters. The molecule has 0 heterocycles. The zero-order chi connectivity index (χ0) is 29.2. The van der Waals surface area contributed by atoms with Crippen LogP contribution in [0.1, 0.15) is 103 Å². The summed E-state index contributed by atoms with van der Waals surface area (Å²) in [5.41, 5.74) is 6.00. The van der Waals surface area contributed by atoms with Crippen molar-refractivity contribution < 1.29 is 57.7 Å². The molecule has 4 rings (SSSR count). The van der Waals surface area contributed by atoms with Crippen LogP contribution < -0.4 is 52.8 Å². The van der Waals surface area contributed by atoms with Crippen LogP contribution in [-0.4, -0.2) is 8.07 Å². The van der Waals surface area contributed by atoms with Gasteiger partial charge in [-0.2, -0.15) is 0 Å². The van der Waals surface area contributed by atoms with Crippen molar-refractivity contribution in [2.45, 2.75) is 105 Å². The molecule has 1 aliphatic rings. The number of allylic oxidation sites excluding steroid dienone is 4. The van der Waals surface area contributed by atoms with Crippen LogP contribution >= 0.6 is 0 Å². The van der Waals surface area contributed by atoms with E-state index in [1.54, 1.807) is 14.6 Å². The van der Waals surface area contributed by atoms with Gasteiger partial charge in [-0.05, 0) is 0 Å². The summed E-state index contributed by atoms with van der Waals surface area (Å²) in [5, 5.41) is 6.30. The van der Waals surface area contributed by atoms with Crippen LogP contribution in [0.4, 0.5) is 0 Å². The molecule has 44 heavy (non-hydrogen) atoms. The van der Waals surface area contributed by atoms with Crippen molar-refractivity contribution in [3.8, 4) is 0 Å². The number of hydrogen-bond donors (Lipinski definition) is 0. The van der Waals surface area contributed by atoms with Crippen LogP contribution in [0.15, 0.2) is 93.5 Å². The van der Waals surface area contributed by atoms with Crippen LogP contribution in [0.5, 0.6) is 0 Å². The molecule has 0 aliphatic heterocycles. The van der Waals surface area contributed by atoms with Crippen LogP contribution in [0.2, 0.25) is 0 Å². The summed E-state index contributed by atoms with van der Waals surface area (Å²) in [6.45, 7) is 11.6. The van der Waals surface area contributed by atoms with Gasteiger partial charge in [-0.3, -0.25) is 0 Å². The second-order valence-electron chi connectivity index (χ2n) is 12.2. The van der Waals surface area contributed by atoms with E-state index in [1.807, 2.05) is 0 Å². The summed E-state index contributed by atoms with van der Waals surface area (Å²) in [6, 6.07) is 29.7. The SMILES string of the molecule is CCCCc1ccc([Si](C2=[C]([Ti+3])C(C(C)CC)=CC2)(c2ccc(CCCC)cc2)c2ccc(CCCC)cc2)cc1.[Cl-].[Cl-].[Cl-]. The second kappa shape index (κ2) is 20.2. The molecule has 0 amide bonds. The monoisotopic (exact) mass is 700 g/mol. The van der Waals surface area contributed by atoms with Crippen LogP contribution in [0.3, 0.4) is 0 Å². The Bertz CT molecular complexity index is 1190. The molecule has 5 heteroatoms. The Hall–Kier alpha value is -1.06. The van der Waals surface area contributed by atoms with Gasteiger partial charge in [0.05, 0.1) is 0 Å². The number of unbranched alkanes of at least 4 members (excludes halogenated alkanes) is 3. The fraction of sp³-hybridized carbons (Fsp3) is 0.436. The number of hydrogen-bond acceptors (Lipinski definition) is 0. The van der Waals surface area contributed by atoms with E-state index >= 15 is 0 Å². The minimum absolute atomic E-state index is 0. The predicted octanol–water partition coefficient (Wildman–Crippen LogP) is -0.0871. The molecule has 0 bridgehead atoms. The van der Waals surface area contributed by atoms with E-state index in [0.29, 0.717) is 5.92 Å². The van der Waals surface area contributed by atoms with E-state index in [9.17, 15) is 0 Å². The second-order valence-corrected chi connectivity index (χ2v) is 16.8. The quantitative estimate of drug-likeness (QED) is 0.154. The van der Waals surface area contributed by atoms with Crippen molar-refractivity contribution in [1.29, 1.82) is 0 Å². The van der Waals surface area contributed by atoms with Gasteiger partial charge in [-0.25, -0.2) is 0 Å². The average molecular weight is 702 g/mol. The largest absolute Gasteiger partial charge is 1.00 e. The number of halogens is 3. The fourth-order valence-corrected chi connectivity index (χ4v) is 13.1. The third kappa shape index (κ3) is 9.27. The molecule has 1 aliphatic carbocycles. The summed E-state index contributed by atoms with van der Waals surface area (Å²) in [7, 11) is -2.49.